The molecule has 1 fully saturated rings. The summed E-state index contributed by atoms with van der Waals surface area (Å²) in [6.45, 7) is 2.38. The van der Waals surface area contributed by atoms with E-state index < -0.39 is 5.82 Å². The number of aryl methyl sites for hydroxylation is 1. The SMILES string of the molecule is Cc1c(C(=O)NCC2(N(C)C)CCCCCC2)oc2c(F)cccc12. The van der Waals surface area contributed by atoms with Crippen LogP contribution in [-0.2, 0) is 0 Å². The van der Waals surface area contributed by atoms with Gasteiger partial charge in [0.2, 0.25) is 0 Å². The molecule has 0 bridgehead atoms. The molecule has 0 spiro atoms. The van der Waals surface area contributed by atoms with Crippen molar-refractivity contribution in [3.63, 3.8) is 0 Å². The molecule has 1 N–H and O–H groups in total. The minimum atomic E-state index is -0.437. The average Bonchev–Trinajstić information content (AvgIpc) is 2.78. The Morgan fingerprint density at radius 2 is 1.92 bits per heavy atom. The molecule has 1 saturated carbocycles. The molecular formula is C20H27FN2O2. The van der Waals surface area contributed by atoms with Gasteiger partial charge in [-0.15, -0.1) is 0 Å². The lowest BCUT2D eigenvalue weighted by atomic mass is 9.88. The lowest BCUT2D eigenvalue weighted by molar-refractivity contribution is 0.0845. The molecule has 4 nitrogen and oxygen atoms in total. The second kappa shape index (κ2) is 7.16. The largest absolute Gasteiger partial charge is 0.448 e. The lowest BCUT2D eigenvalue weighted by Crippen LogP contribution is -2.52. The molecule has 25 heavy (non-hydrogen) atoms. The summed E-state index contributed by atoms with van der Waals surface area (Å²) in [5.41, 5.74) is 0.825. The molecule has 0 atom stereocenters. The van der Waals surface area contributed by atoms with E-state index in [1.165, 1.54) is 31.7 Å². The van der Waals surface area contributed by atoms with Crippen LogP contribution in [-0.4, -0.2) is 37.0 Å². The quantitative estimate of drug-likeness (QED) is 0.841. The summed E-state index contributed by atoms with van der Waals surface area (Å²) in [5.74, 6) is -0.491. The van der Waals surface area contributed by atoms with Gasteiger partial charge in [0.05, 0.1) is 0 Å². The first-order chi connectivity index (χ1) is 11.9. The second-order valence-corrected chi connectivity index (χ2v) is 7.39. The normalized spacial score (nSPS) is 17.6. The maximum Gasteiger partial charge on any atom is 0.287 e. The van der Waals surface area contributed by atoms with Crippen LogP contribution in [0.1, 0.15) is 54.6 Å². The zero-order chi connectivity index (χ0) is 18.0. The number of hydrogen-bond donors (Lipinski definition) is 1. The highest BCUT2D eigenvalue weighted by Crippen LogP contribution is 2.31. The first-order valence-corrected chi connectivity index (χ1v) is 9.08. The number of hydrogen-bond acceptors (Lipinski definition) is 3. The molecule has 0 saturated heterocycles. The molecule has 1 amide bonds. The van der Waals surface area contributed by atoms with E-state index in [1.54, 1.807) is 19.1 Å². The van der Waals surface area contributed by atoms with E-state index in [4.69, 9.17) is 4.42 Å². The second-order valence-electron chi connectivity index (χ2n) is 7.39. The third-order valence-corrected chi connectivity index (χ3v) is 5.68. The summed E-state index contributed by atoms with van der Waals surface area (Å²) in [4.78, 5) is 14.9. The third kappa shape index (κ3) is 3.43. The maximum atomic E-state index is 13.9. The van der Waals surface area contributed by atoms with Crippen LogP contribution in [0.4, 0.5) is 4.39 Å². The molecule has 3 rings (SSSR count). The molecule has 1 heterocycles. The number of nitrogens with zero attached hydrogens (tertiary/aromatic N) is 1. The summed E-state index contributed by atoms with van der Waals surface area (Å²) < 4.78 is 19.4. The predicted octanol–water partition coefficient (Wildman–Crippen LogP) is 4.26. The van der Waals surface area contributed by atoms with Crippen molar-refractivity contribution in [3.05, 3.63) is 35.3 Å². The van der Waals surface area contributed by atoms with Crippen molar-refractivity contribution in [2.24, 2.45) is 0 Å². The maximum absolute atomic E-state index is 13.9. The van der Waals surface area contributed by atoms with Gasteiger partial charge in [-0.25, -0.2) is 4.39 Å². The number of fused-ring (bicyclic) bond motifs is 1. The number of furan rings is 1. The highest BCUT2D eigenvalue weighted by molar-refractivity contribution is 5.99. The number of halogens is 1. The summed E-state index contributed by atoms with van der Waals surface area (Å²) in [5, 5.41) is 3.70. The van der Waals surface area contributed by atoms with Gasteiger partial charge in [-0.3, -0.25) is 4.79 Å². The molecule has 2 aromatic rings. The fourth-order valence-corrected chi connectivity index (χ4v) is 3.92. The van der Waals surface area contributed by atoms with Crippen molar-refractivity contribution in [1.82, 2.24) is 10.2 Å². The molecule has 0 aliphatic heterocycles. The molecule has 1 aliphatic carbocycles. The van der Waals surface area contributed by atoms with Crippen LogP contribution in [0.25, 0.3) is 11.0 Å². The zero-order valence-corrected chi connectivity index (χ0v) is 15.3. The standard InChI is InChI=1S/C20H27FN2O2/c1-14-15-9-8-10-16(21)18(15)25-17(14)19(24)22-13-20(23(2)3)11-6-4-5-7-12-20/h8-10H,4-7,11-13H2,1-3H3,(H,22,24). The van der Waals surface area contributed by atoms with E-state index in [0.29, 0.717) is 17.5 Å². The third-order valence-electron chi connectivity index (χ3n) is 5.68. The van der Waals surface area contributed by atoms with Gasteiger partial charge in [0, 0.05) is 23.0 Å². The first kappa shape index (κ1) is 17.9. The highest BCUT2D eigenvalue weighted by atomic mass is 19.1. The van der Waals surface area contributed by atoms with Crippen molar-refractivity contribution >= 4 is 16.9 Å². The number of rotatable bonds is 4. The molecule has 1 aliphatic rings. The highest BCUT2D eigenvalue weighted by Gasteiger charge is 2.34. The van der Waals surface area contributed by atoms with Gasteiger partial charge in [-0.2, -0.15) is 0 Å². The Balaban J connectivity index is 1.80. The number of para-hydroxylation sites is 1. The van der Waals surface area contributed by atoms with Gasteiger partial charge >= 0.3 is 0 Å². The Kier molecular flexibility index (Phi) is 5.13. The van der Waals surface area contributed by atoms with E-state index in [0.717, 1.165) is 12.8 Å². The predicted molar refractivity (Wildman–Crippen MR) is 97.4 cm³/mol. The number of nitrogens with one attached hydrogen (secondary N) is 1. The van der Waals surface area contributed by atoms with Gasteiger partial charge in [-0.05, 0) is 39.9 Å². The van der Waals surface area contributed by atoms with Crippen molar-refractivity contribution in [2.75, 3.05) is 20.6 Å². The van der Waals surface area contributed by atoms with Crippen LogP contribution in [0.2, 0.25) is 0 Å². The van der Waals surface area contributed by atoms with E-state index in [1.807, 2.05) is 0 Å². The van der Waals surface area contributed by atoms with E-state index in [-0.39, 0.29) is 22.8 Å². The minimum Gasteiger partial charge on any atom is -0.448 e. The van der Waals surface area contributed by atoms with E-state index in [2.05, 4.69) is 24.3 Å². The Labute approximate surface area is 148 Å². The van der Waals surface area contributed by atoms with Crippen LogP contribution < -0.4 is 5.32 Å². The smallest absolute Gasteiger partial charge is 0.287 e. The van der Waals surface area contributed by atoms with Crippen molar-refractivity contribution in [2.45, 2.75) is 51.0 Å². The number of carbonyl (C=O) groups is 1. The Morgan fingerprint density at radius 3 is 2.52 bits per heavy atom. The van der Waals surface area contributed by atoms with Crippen molar-refractivity contribution < 1.29 is 13.6 Å². The number of likely N-dealkylation sites (N-methyl/N-ethyl adjacent to an activating group) is 1. The van der Waals surface area contributed by atoms with Gasteiger partial charge in [0.25, 0.3) is 5.91 Å². The Bertz CT molecular complexity index is 758. The fourth-order valence-electron chi connectivity index (χ4n) is 3.92. The number of benzene rings is 1. The minimum absolute atomic E-state index is 0.0165. The molecule has 0 radical (unpaired) electrons. The van der Waals surface area contributed by atoms with Crippen LogP contribution >= 0.6 is 0 Å². The molecular weight excluding hydrogens is 319 g/mol. The fraction of sp³-hybridized carbons (Fsp3) is 0.550. The van der Waals surface area contributed by atoms with Crippen LogP contribution in [0.5, 0.6) is 0 Å². The summed E-state index contributed by atoms with van der Waals surface area (Å²) in [6, 6.07) is 4.76. The lowest BCUT2D eigenvalue weighted by Gasteiger charge is -2.39. The average molecular weight is 346 g/mol. The van der Waals surface area contributed by atoms with Crippen molar-refractivity contribution in [1.29, 1.82) is 0 Å². The molecule has 5 heteroatoms. The van der Waals surface area contributed by atoms with E-state index in [9.17, 15) is 9.18 Å². The van der Waals surface area contributed by atoms with Gasteiger partial charge < -0.3 is 14.6 Å². The molecule has 1 aromatic heterocycles. The summed E-state index contributed by atoms with van der Waals surface area (Å²) in [7, 11) is 4.17. The first-order valence-electron chi connectivity index (χ1n) is 9.08. The van der Waals surface area contributed by atoms with Gasteiger partial charge in [0.1, 0.15) is 0 Å². The Hall–Kier alpha value is -1.88. The van der Waals surface area contributed by atoms with Gasteiger partial charge in [0.15, 0.2) is 17.2 Å². The molecule has 1 aromatic carbocycles. The van der Waals surface area contributed by atoms with E-state index >= 15 is 0 Å². The Morgan fingerprint density at radius 1 is 1.24 bits per heavy atom. The van der Waals surface area contributed by atoms with Crippen LogP contribution in [0, 0.1) is 12.7 Å². The van der Waals surface area contributed by atoms with Crippen LogP contribution in [0.15, 0.2) is 22.6 Å². The summed E-state index contributed by atoms with van der Waals surface area (Å²) in [6.07, 6.45) is 7.03. The number of amides is 1. The van der Waals surface area contributed by atoms with Gasteiger partial charge in [-0.1, -0.05) is 37.8 Å². The topological polar surface area (TPSA) is 45.5 Å². The number of carbonyl (C=O) groups excluding carboxylic acids is 1. The zero-order valence-electron chi connectivity index (χ0n) is 15.3. The van der Waals surface area contributed by atoms with Crippen LogP contribution in [0.3, 0.4) is 0 Å². The monoisotopic (exact) mass is 346 g/mol. The molecule has 136 valence electrons. The molecule has 0 unspecified atom stereocenters. The van der Waals surface area contributed by atoms with Crippen molar-refractivity contribution in [3.8, 4) is 0 Å². The summed E-state index contributed by atoms with van der Waals surface area (Å²) >= 11 is 0.